The number of benzene rings is 2. The fraction of sp³-hybridized carbons (Fsp3) is 0.0588. The number of carbonyl (C=O) groups is 1. The molecule has 1 aromatic heterocycles. The van der Waals surface area contributed by atoms with E-state index in [1.807, 2.05) is 60.7 Å². The number of hydrogen-bond acceptors (Lipinski definition) is 2. The third-order valence-electron chi connectivity index (χ3n) is 3.45. The molecule has 2 aromatic carbocycles. The molecule has 0 aliphatic carbocycles. The van der Waals surface area contributed by atoms with Crippen LogP contribution >= 0.6 is 0 Å². The summed E-state index contributed by atoms with van der Waals surface area (Å²) >= 11 is 0. The van der Waals surface area contributed by atoms with Crippen LogP contribution in [0.1, 0.15) is 33.1 Å². The van der Waals surface area contributed by atoms with E-state index >= 15 is 0 Å². The molecule has 3 aromatic rings. The quantitative estimate of drug-likeness (QED) is 0.769. The van der Waals surface area contributed by atoms with E-state index in [9.17, 15) is 9.90 Å². The zero-order valence-corrected chi connectivity index (χ0v) is 11.2. The normalized spacial score (nSPS) is 10.7. The van der Waals surface area contributed by atoms with Gasteiger partial charge >= 0.3 is 5.97 Å². The van der Waals surface area contributed by atoms with Gasteiger partial charge in [-0.25, -0.2) is 4.79 Å². The van der Waals surface area contributed by atoms with Crippen molar-refractivity contribution >= 4 is 5.97 Å². The molecule has 0 unspecified atom stereocenters. The van der Waals surface area contributed by atoms with Crippen LogP contribution in [0.15, 0.2) is 66.9 Å². The van der Waals surface area contributed by atoms with Gasteiger partial charge in [-0.3, -0.25) is 5.10 Å². The lowest BCUT2D eigenvalue weighted by Crippen LogP contribution is -2.09. The summed E-state index contributed by atoms with van der Waals surface area (Å²) in [6.45, 7) is 0. The summed E-state index contributed by atoms with van der Waals surface area (Å²) in [6, 6.07) is 19.6. The minimum atomic E-state index is -0.976. The Hall–Kier alpha value is -2.88. The number of aromatic amines is 1. The lowest BCUT2D eigenvalue weighted by molar-refractivity contribution is 0.0695. The predicted octanol–water partition coefficient (Wildman–Crippen LogP) is 3.29. The molecular formula is C17H14N2O2. The highest BCUT2D eigenvalue weighted by Gasteiger charge is 2.24. The van der Waals surface area contributed by atoms with Crippen molar-refractivity contribution in [1.29, 1.82) is 0 Å². The van der Waals surface area contributed by atoms with Gasteiger partial charge in [0.1, 0.15) is 5.56 Å². The van der Waals surface area contributed by atoms with E-state index in [4.69, 9.17) is 0 Å². The molecular weight excluding hydrogens is 264 g/mol. The molecule has 0 fully saturated rings. The van der Waals surface area contributed by atoms with Gasteiger partial charge in [0.2, 0.25) is 0 Å². The molecule has 0 saturated heterocycles. The van der Waals surface area contributed by atoms with E-state index in [-0.39, 0.29) is 11.5 Å². The Morgan fingerprint density at radius 3 is 1.95 bits per heavy atom. The second-order valence-electron chi connectivity index (χ2n) is 4.76. The molecule has 21 heavy (non-hydrogen) atoms. The Kier molecular flexibility index (Phi) is 3.51. The minimum Gasteiger partial charge on any atom is -0.478 e. The smallest absolute Gasteiger partial charge is 0.339 e. The number of H-pyrrole nitrogens is 1. The summed E-state index contributed by atoms with van der Waals surface area (Å²) in [7, 11) is 0. The van der Waals surface area contributed by atoms with Crippen molar-refractivity contribution in [2.45, 2.75) is 5.92 Å². The van der Waals surface area contributed by atoms with E-state index in [2.05, 4.69) is 10.2 Å². The second kappa shape index (κ2) is 5.63. The Labute approximate surface area is 122 Å². The van der Waals surface area contributed by atoms with Gasteiger partial charge in [0.25, 0.3) is 0 Å². The van der Waals surface area contributed by atoms with Crippen LogP contribution in [0.2, 0.25) is 0 Å². The first kappa shape index (κ1) is 13.1. The average molecular weight is 278 g/mol. The highest BCUT2D eigenvalue weighted by Crippen LogP contribution is 2.32. The maximum atomic E-state index is 11.4. The topological polar surface area (TPSA) is 66.0 Å². The first-order valence-electron chi connectivity index (χ1n) is 6.64. The molecule has 0 aliphatic rings. The van der Waals surface area contributed by atoms with Gasteiger partial charge < -0.3 is 5.11 Å². The van der Waals surface area contributed by atoms with Crippen LogP contribution in [-0.4, -0.2) is 21.3 Å². The fourth-order valence-electron chi connectivity index (χ4n) is 2.50. The second-order valence-corrected chi connectivity index (χ2v) is 4.76. The zero-order chi connectivity index (χ0) is 14.7. The van der Waals surface area contributed by atoms with Gasteiger partial charge in [-0.15, -0.1) is 0 Å². The largest absolute Gasteiger partial charge is 0.478 e. The molecule has 0 spiro atoms. The van der Waals surface area contributed by atoms with Gasteiger partial charge in [-0.2, -0.15) is 5.10 Å². The summed E-state index contributed by atoms with van der Waals surface area (Å²) in [5.41, 5.74) is 2.85. The molecule has 2 N–H and O–H groups in total. The summed E-state index contributed by atoms with van der Waals surface area (Å²) in [6.07, 6.45) is 1.36. The summed E-state index contributed by atoms with van der Waals surface area (Å²) in [5.74, 6) is -1.16. The number of carboxylic acid groups (broad SMARTS) is 1. The molecule has 0 amide bonds. The zero-order valence-electron chi connectivity index (χ0n) is 11.2. The Bertz CT molecular complexity index is 696. The average Bonchev–Trinajstić information content (AvgIpc) is 2.99. The van der Waals surface area contributed by atoms with Gasteiger partial charge in [-0.05, 0) is 11.1 Å². The summed E-state index contributed by atoms with van der Waals surface area (Å²) in [4.78, 5) is 11.4. The van der Waals surface area contributed by atoms with Crippen LogP contribution in [0.25, 0.3) is 0 Å². The highest BCUT2D eigenvalue weighted by molar-refractivity contribution is 5.89. The van der Waals surface area contributed by atoms with Crippen LogP contribution in [0.4, 0.5) is 0 Å². The molecule has 4 nitrogen and oxygen atoms in total. The van der Waals surface area contributed by atoms with Crippen molar-refractivity contribution in [1.82, 2.24) is 10.2 Å². The number of nitrogens with one attached hydrogen (secondary N) is 1. The van der Waals surface area contributed by atoms with E-state index in [0.717, 1.165) is 11.1 Å². The van der Waals surface area contributed by atoms with Crippen molar-refractivity contribution in [2.75, 3.05) is 0 Å². The van der Waals surface area contributed by atoms with Crippen LogP contribution in [0.5, 0.6) is 0 Å². The van der Waals surface area contributed by atoms with E-state index in [0.29, 0.717) is 5.69 Å². The van der Waals surface area contributed by atoms with Crippen molar-refractivity contribution in [3.63, 3.8) is 0 Å². The molecule has 0 saturated carbocycles. The lowest BCUT2D eigenvalue weighted by atomic mass is 9.87. The standard InChI is InChI=1S/C17H14N2O2/c20-17(21)14-11-18-19-16(14)15(12-7-3-1-4-8-12)13-9-5-2-6-10-13/h1-11,15H,(H,18,19)(H,20,21). The minimum absolute atomic E-state index is 0.180. The molecule has 0 radical (unpaired) electrons. The number of hydrogen-bond donors (Lipinski definition) is 2. The number of nitrogens with zero attached hydrogens (tertiary/aromatic N) is 1. The Morgan fingerprint density at radius 1 is 0.952 bits per heavy atom. The van der Waals surface area contributed by atoms with E-state index < -0.39 is 5.97 Å². The van der Waals surface area contributed by atoms with Gasteiger partial charge in [-0.1, -0.05) is 60.7 Å². The van der Waals surface area contributed by atoms with E-state index in [1.54, 1.807) is 0 Å². The molecule has 0 atom stereocenters. The van der Waals surface area contributed by atoms with Crippen molar-refractivity contribution < 1.29 is 9.90 Å². The molecule has 0 aliphatic heterocycles. The fourth-order valence-corrected chi connectivity index (χ4v) is 2.50. The molecule has 0 bridgehead atoms. The molecule has 1 heterocycles. The van der Waals surface area contributed by atoms with Gasteiger partial charge in [0.15, 0.2) is 0 Å². The van der Waals surface area contributed by atoms with E-state index in [1.165, 1.54) is 6.20 Å². The number of aromatic carboxylic acids is 1. The van der Waals surface area contributed by atoms with Gasteiger partial charge in [0.05, 0.1) is 17.8 Å². The van der Waals surface area contributed by atoms with Crippen molar-refractivity contribution in [2.24, 2.45) is 0 Å². The molecule has 3 rings (SSSR count). The van der Waals surface area contributed by atoms with Crippen LogP contribution in [-0.2, 0) is 0 Å². The monoisotopic (exact) mass is 278 g/mol. The van der Waals surface area contributed by atoms with Crippen LogP contribution in [0.3, 0.4) is 0 Å². The van der Waals surface area contributed by atoms with Crippen molar-refractivity contribution in [3.05, 3.63) is 89.2 Å². The summed E-state index contributed by atoms with van der Waals surface area (Å²) < 4.78 is 0. The third-order valence-corrected chi connectivity index (χ3v) is 3.45. The van der Waals surface area contributed by atoms with Gasteiger partial charge in [0, 0.05) is 0 Å². The number of aromatic nitrogens is 2. The first-order valence-corrected chi connectivity index (χ1v) is 6.64. The predicted molar refractivity (Wildman–Crippen MR) is 79.4 cm³/mol. The molecule has 4 heteroatoms. The van der Waals surface area contributed by atoms with Crippen molar-refractivity contribution in [3.8, 4) is 0 Å². The van der Waals surface area contributed by atoms with Crippen LogP contribution < -0.4 is 0 Å². The maximum Gasteiger partial charge on any atom is 0.339 e. The summed E-state index contributed by atoms with van der Waals surface area (Å²) in [5, 5.41) is 16.1. The Morgan fingerprint density at radius 2 is 1.48 bits per heavy atom. The first-order chi connectivity index (χ1) is 10.3. The molecule has 104 valence electrons. The number of rotatable bonds is 4. The SMILES string of the molecule is O=C(O)c1cn[nH]c1C(c1ccccc1)c1ccccc1. The highest BCUT2D eigenvalue weighted by atomic mass is 16.4. The maximum absolute atomic E-state index is 11.4. The lowest BCUT2D eigenvalue weighted by Gasteiger charge is -2.17. The van der Waals surface area contributed by atoms with Crippen LogP contribution in [0, 0.1) is 0 Å². The third kappa shape index (κ3) is 2.56. The Balaban J connectivity index is 2.18. The number of carboxylic acids is 1.